The van der Waals surface area contributed by atoms with Crippen molar-refractivity contribution in [3.63, 3.8) is 0 Å². The summed E-state index contributed by atoms with van der Waals surface area (Å²) in [7, 11) is 8.07. The lowest BCUT2D eigenvalue weighted by molar-refractivity contribution is -0.814. The van der Waals surface area contributed by atoms with Gasteiger partial charge >= 0.3 is 11.8 Å². The van der Waals surface area contributed by atoms with E-state index in [1.54, 1.807) is 0 Å². The fourth-order valence-corrected chi connectivity index (χ4v) is 4.17. The molecule has 4 heteroatoms. The van der Waals surface area contributed by atoms with Gasteiger partial charge in [-0.3, -0.25) is 8.97 Å². The summed E-state index contributed by atoms with van der Waals surface area (Å²) in [5, 5.41) is 0. The molecule has 0 unspecified atom stereocenters. The van der Waals surface area contributed by atoms with E-state index in [9.17, 15) is 9.59 Å². The molecule has 186 valence electrons. The van der Waals surface area contributed by atoms with Crippen LogP contribution in [0.2, 0.25) is 0 Å². The van der Waals surface area contributed by atoms with Gasteiger partial charge in [-0.2, -0.15) is 0 Å². The minimum atomic E-state index is 0.258. The monoisotopic (exact) mass is 466 g/mol. The number of likely N-dealkylation sites (N-methyl/N-ethyl adjacent to an activating group) is 2. The van der Waals surface area contributed by atoms with E-state index in [2.05, 4.69) is 62.4 Å². The second kappa shape index (κ2) is 13.0. The van der Waals surface area contributed by atoms with Crippen LogP contribution in [0.15, 0.2) is 48.5 Å². The summed E-state index contributed by atoms with van der Waals surface area (Å²) in [5.41, 5.74) is 4.37. The maximum atomic E-state index is 12.8. The van der Waals surface area contributed by atoms with Crippen LogP contribution in [0.25, 0.3) is 11.1 Å². The van der Waals surface area contributed by atoms with E-state index in [0.717, 1.165) is 48.2 Å². The summed E-state index contributed by atoms with van der Waals surface area (Å²) in [6, 6.07) is 16.6. The standard InChI is InChI=1S/C30H46N2O2/c1-7-9-11-21-31(3,4)29(33)23-25-13-17-27(18-14-25)28-19-15-26(16-20-28)24-30(34)32(5,6)22-12-10-8-2/h13-20H,7-12,21-24H2,1-6H3/q+2. The average molecular weight is 467 g/mol. The van der Waals surface area contributed by atoms with E-state index in [4.69, 9.17) is 0 Å². The third-order valence-corrected chi connectivity index (χ3v) is 6.94. The minimum absolute atomic E-state index is 0.258. The molecule has 0 N–H and O–H groups in total. The summed E-state index contributed by atoms with van der Waals surface area (Å²) in [4.78, 5) is 25.6. The molecule has 0 atom stereocenters. The van der Waals surface area contributed by atoms with Crippen LogP contribution in [-0.2, 0) is 22.4 Å². The van der Waals surface area contributed by atoms with Crippen molar-refractivity contribution in [1.82, 2.24) is 0 Å². The number of hydrogen-bond donors (Lipinski definition) is 0. The predicted molar refractivity (Wildman–Crippen MR) is 142 cm³/mol. The smallest absolute Gasteiger partial charge is 0.265 e. The fourth-order valence-electron chi connectivity index (χ4n) is 4.17. The molecule has 2 aromatic rings. The third kappa shape index (κ3) is 8.48. The highest BCUT2D eigenvalue weighted by atomic mass is 16.2. The van der Waals surface area contributed by atoms with E-state index in [0.29, 0.717) is 21.8 Å². The highest BCUT2D eigenvalue weighted by Gasteiger charge is 2.26. The number of unbranched alkanes of at least 4 members (excludes halogenated alkanes) is 4. The van der Waals surface area contributed by atoms with Crippen LogP contribution in [0.1, 0.15) is 63.5 Å². The largest absolute Gasteiger partial charge is 0.317 e. The molecule has 0 saturated carbocycles. The first-order valence-electron chi connectivity index (χ1n) is 13.0. The molecular weight excluding hydrogens is 420 g/mol. The lowest BCUT2D eigenvalue weighted by atomic mass is 10.00. The van der Waals surface area contributed by atoms with Gasteiger partial charge in [0.05, 0.1) is 54.1 Å². The number of carbonyl (C=O) groups is 2. The molecule has 2 amide bonds. The number of nitrogens with zero attached hydrogens (tertiary/aromatic N) is 2. The van der Waals surface area contributed by atoms with Gasteiger partial charge in [-0.15, -0.1) is 0 Å². The number of rotatable bonds is 13. The predicted octanol–water partition coefficient (Wildman–Crippen LogP) is 6.03. The Balaban J connectivity index is 1.96. The fraction of sp³-hybridized carbons (Fsp3) is 0.533. The third-order valence-electron chi connectivity index (χ3n) is 6.94. The lowest BCUT2D eigenvalue weighted by Gasteiger charge is -2.27. The maximum absolute atomic E-state index is 12.8. The van der Waals surface area contributed by atoms with Gasteiger partial charge < -0.3 is 0 Å². The highest BCUT2D eigenvalue weighted by molar-refractivity contribution is 5.74. The van der Waals surface area contributed by atoms with Crippen molar-refractivity contribution in [1.29, 1.82) is 0 Å². The van der Waals surface area contributed by atoms with Crippen LogP contribution in [0.5, 0.6) is 0 Å². The zero-order chi connectivity index (χ0) is 25.2. The van der Waals surface area contributed by atoms with Crippen LogP contribution < -0.4 is 0 Å². The Bertz CT molecular complexity index is 834. The lowest BCUT2D eigenvalue weighted by Crippen LogP contribution is -2.47. The minimum Gasteiger partial charge on any atom is -0.265 e. The van der Waals surface area contributed by atoms with Gasteiger partial charge in [-0.25, -0.2) is 9.59 Å². The summed E-state index contributed by atoms with van der Waals surface area (Å²) in [6.07, 6.45) is 7.79. The molecule has 0 radical (unpaired) electrons. The Hall–Kier alpha value is -2.30. The topological polar surface area (TPSA) is 34.1 Å². The van der Waals surface area contributed by atoms with E-state index < -0.39 is 0 Å². The Kier molecular flexibility index (Phi) is 10.7. The molecule has 0 aromatic heterocycles. The Labute approximate surface area is 207 Å². The molecule has 0 spiro atoms. The van der Waals surface area contributed by atoms with Crippen molar-refractivity contribution in [2.45, 2.75) is 65.2 Å². The van der Waals surface area contributed by atoms with Gasteiger partial charge in [-0.1, -0.05) is 75.2 Å². The highest BCUT2D eigenvalue weighted by Crippen LogP contribution is 2.22. The number of quaternary nitrogens is 2. The quantitative estimate of drug-likeness (QED) is 0.267. The van der Waals surface area contributed by atoms with E-state index >= 15 is 0 Å². The summed E-state index contributed by atoms with van der Waals surface area (Å²) in [6.45, 7) is 6.17. The molecule has 0 fully saturated rings. The van der Waals surface area contributed by atoms with Crippen molar-refractivity contribution < 1.29 is 18.6 Å². The van der Waals surface area contributed by atoms with Crippen molar-refractivity contribution in [3.8, 4) is 11.1 Å². The van der Waals surface area contributed by atoms with Crippen LogP contribution in [0.4, 0.5) is 0 Å². The maximum Gasteiger partial charge on any atom is 0.317 e. The molecule has 34 heavy (non-hydrogen) atoms. The van der Waals surface area contributed by atoms with Crippen molar-refractivity contribution in [2.24, 2.45) is 0 Å². The molecule has 2 rings (SSSR count). The zero-order valence-electron chi connectivity index (χ0n) is 22.4. The molecule has 0 heterocycles. The van der Waals surface area contributed by atoms with Gasteiger partial charge in [0.2, 0.25) is 0 Å². The second-order valence-corrected chi connectivity index (χ2v) is 10.8. The van der Waals surface area contributed by atoms with Crippen LogP contribution >= 0.6 is 0 Å². The Morgan fingerprint density at radius 1 is 0.559 bits per heavy atom. The van der Waals surface area contributed by atoms with Crippen LogP contribution in [0.3, 0.4) is 0 Å². The summed E-state index contributed by atoms with van der Waals surface area (Å²) in [5.74, 6) is 0.516. The van der Waals surface area contributed by atoms with Gasteiger partial charge in [0.15, 0.2) is 0 Å². The zero-order valence-corrected chi connectivity index (χ0v) is 22.4. The first kappa shape index (κ1) is 27.9. The summed E-state index contributed by atoms with van der Waals surface area (Å²) >= 11 is 0. The normalized spacial score (nSPS) is 12.1. The van der Waals surface area contributed by atoms with Gasteiger partial charge in [-0.05, 0) is 47.9 Å². The van der Waals surface area contributed by atoms with Crippen molar-refractivity contribution >= 4 is 11.8 Å². The molecular formula is C30H46N2O2+2. The molecule has 0 aliphatic carbocycles. The molecule has 0 bridgehead atoms. The number of amides is 2. The molecule has 0 aliphatic rings. The second-order valence-electron chi connectivity index (χ2n) is 10.8. The van der Waals surface area contributed by atoms with E-state index in [-0.39, 0.29) is 11.8 Å². The first-order chi connectivity index (χ1) is 16.1. The van der Waals surface area contributed by atoms with Gasteiger partial charge in [0.25, 0.3) is 0 Å². The molecule has 4 nitrogen and oxygen atoms in total. The van der Waals surface area contributed by atoms with E-state index in [1.165, 1.54) is 25.7 Å². The average Bonchev–Trinajstić information content (AvgIpc) is 2.80. The van der Waals surface area contributed by atoms with Crippen molar-refractivity contribution in [2.75, 3.05) is 41.3 Å². The Morgan fingerprint density at radius 3 is 1.18 bits per heavy atom. The van der Waals surface area contributed by atoms with Gasteiger partial charge in [0.1, 0.15) is 0 Å². The number of hydrogen-bond acceptors (Lipinski definition) is 2. The first-order valence-corrected chi connectivity index (χ1v) is 13.0. The molecule has 0 saturated heterocycles. The van der Waals surface area contributed by atoms with Crippen LogP contribution in [-0.4, -0.2) is 62.1 Å². The molecule has 0 aliphatic heterocycles. The summed E-state index contributed by atoms with van der Waals surface area (Å²) < 4.78 is 0.881. The van der Waals surface area contributed by atoms with Crippen molar-refractivity contribution in [3.05, 3.63) is 59.7 Å². The van der Waals surface area contributed by atoms with Gasteiger partial charge in [0, 0.05) is 0 Å². The van der Waals surface area contributed by atoms with E-state index in [1.807, 2.05) is 28.2 Å². The van der Waals surface area contributed by atoms with Crippen LogP contribution in [0, 0.1) is 0 Å². The number of carbonyl (C=O) groups excluding carboxylic acids is 2. The number of benzene rings is 2. The SMILES string of the molecule is CCCCC[N+](C)(C)C(=O)Cc1ccc(-c2ccc(CC(=O)[N+](C)(C)CCCCC)cc2)cc1. The Morgan fingerprint density at radius 2 is 0.882 bits per heavy atom. The molecule has 2 aromatic carbocycles.